The van der Waals surface area contributed by atoms with Crippen LogP contribution in [0.25, 0.3) is 0 Å². The van der Waals surface area contributed by atoms with E-state index in [0.29, 0.717) is 11.1 Å². The van der Waals surface area contributed by atoms with Crippen LogP contribution >= 0.6 is 0 Å². The number of hydrogen-bond acceptors (Lipinski definition) is 5. The molecule has 0 saturated heterocycles. The summed E-state index contributed by atoms with van der Waals surface area (Å²) < 4.78 is 0. The standard InChI is InChI=1S/C23H17NO5/c1-14-12-19(15(2)25)21(20(13-14)22(26)16-6-4-3-5-7-16)23(27)17-8-10-18(11-9-17)24(28)29/h3-13H,1-2H3. The first-order chi connectivity index (χ1) is 13.8. The number of rotatable bonds is 6. The van der Waals surface area contributed by atoms with Crippen molar-refractivity contribution < 1.29 is 19.3 Å². The lowest BCUT2D eigenvalue weighted by Gasteiger charge is -2.14. The normalized spacial score (nSPS) is 10.4. The van der Waals surface area contributed by atoms with Gasteiger partial charge in [0.05, 0.1) is 4.92 Å². The van der Waals surface area contributed by atoms with Crippen molar-refractivity contribution in [3.63, 3.8) is 0 Å². The average Bonchev–Trinajstić information content (AvgIpc) is 2.72. The fourth-order valence-electron chi connectivity index (χ4n) is 3.11. The van der Waals surface area contributed by atoms with Gasteiger partial charge >= 0.3 is 0 Å². The van der Waals surface area contributed by atoms with Crippen LogP contribution in [0.15, 0.2) is 66.7 Å². The van der Waals surface area contributed by atoms with Gasteiger partial charge < -0.3 is 0 Å². The highest BCUT2D eigenvalue weighted by atomic mass is 16.6. The van der Waals surface area contributed by atoms with Gasteiger partial charge in [-0.1, -0.05) is 30.3 Å². The average molecular weight is 387 g/mol. The van der Waals surface area contributed by atoms with Crippen molar-refractivity contribution in [2.75, 3.05) is 0 Å². The number of carbonyl (C=O) groups excluding carboxylic acids is 3. The number of aryl methyl sites for hydroxylation is 1. The van der Waals surface area contributed by atoms with Gasteiger partial charge in [-0.25, -0.2) is 0 Å². The predicted octanol–water partition coefficient (Wildman–Crippen LogP) is 4.57. The molecular weight excluding hydrogens is 370 g/mol. The third-order valence-corrected chi connectivity index (χ3v) is 4.51. The molecule has 0 atom stereocenters. The summed E-state index contributed by atoms with van der Waals surface area (Å²) in [5.41, 5.74) is 1.35. The van der Waals surface area contributed by atoms with E-state index in [1.54, 1.807) is 49.4 Å². The zero-order chi connectivity index (χ0) is 21.1. The highest BCUT2D eigenvalue weighted by Crippen LogP contribution is 2.25. The van der Waals surface area contributed by atoms with E-state index in [1.165, 1.54) is 31.2 Å². The van der Waals surface area contributed by atoms with Crippen molar-refractivity contribution in [3.05, 3.63) is 110 Å². The summed E-state index contributed by atoms with van der Waals surface area (Å²) in [6.45, 7) is 3.08. The van der Waals surface area contributed by atoms with Gasteiger partial charge in [0.2, 0.25) is 0 Å². The lowest BCUT2D eigenvalue weighted by molar-refractivity contribution is -0.384. The molecule has 0 fully saturated rings. The Bertz CT molecular complexity index is 1130. The number of nitro groups is 1. The molecule has 6 heteroatoms. The van der Waals surface area contributed by atoms with Crippen LogP contribution in [0.5, 0.6) is 0 Å². The summed E-state index contributed by atoms with van der Waals surface area (Å²) in [7, 11) is 0. The third kappa shape index (κ3) is 4.01. The van der Waals surface area contributed by atoms with Gasteiger partial charge in [0, 0.05) is 39.9 Å². The summed E-state index contributed by atoms with van der Waals surface area (Å²) in [4.78, 5) is 48.9. The van der Waals surface area contributed by atoms with Crippen molar-refractivity contribution in [1.29, 1.82) is 0 Å². The Labute approximate surface area is 167 Å². The summed E-state index contributed by atoms with van der Waals surface area (Å²) in [6, 6.07) is 16.7. The van der Waals surface area contributed by atoms with E-state index >= 15 is 0 Å². The Morgan fingerprint density at radius 3 is 1.90 bits per heavy atom. The Morgan fingerprint density at radius 2 is 1.34 bits per heavy atom. The Kier molecular flexibility index (Phi) is 5.45. The largest absolute Gasteiger partial charge is 0.294 e. The fourth-order valence-corrected chi connectivity index (χ4v) is 3.11. The van der Waals surface area contributed by atoms with Crippen LogP contribution in [0.4, 0.5) is 5.69 Å². The van der Waals surface area contributed by atoms with Gasteiger partial charge in [-0.3, -0.25) is 24.5 Å². The number of hydrogen-bond donors (Lipinski definition) is 0. The number of nitrogens with zero attached hydrogens (tertiary/aromatic N) is 1. The molecule has 0 unspecified atom stereocenters. The molecule has 0 bridgehead atoms. The fraction of sp³-hybridized carbons (Fsp3) is 0.0870. The lowest BCUT2D eigenvalue weighted by Crippen LogP contribution is -2.16. The van der Waals surface area contributed by atoms with Crippen LogP contribution in [-0.2, 0) is 0 Å². The molecule has 0 aliphatic heterocycles. The Hall–Kier alpha value is -3.93. The van der Waals surface area contributed by atoms with E-state index in [4.69, 9.17) is 0 Å². The first-order valence-corrected chi connectivity index (χ1v) is 8.84. The van der Waals surface area contributed by atoms with Gasteiger partial charge in [-0.05, 0) is 43.7 Å². The topological polar surface area (TPSA) is 94.3 Å². The van der Waals surface area contributed by atoms with Gasteiger partial charge in [0.15, 0.2) is 17.3 Å². The highest BCUT2D eigenvalue weighted by molar-refractivity contribution is 6.23. The lowest BCUT2D eigenvalue weighted by atomic mass is 9.87. The molecule has 0 radical (unpaired) electrons. The first-order valence-electron chi connectivity index (χ1n) is 8.84. The maximum Gasteiger partial charge on any atom is 0.269 e. The molecule has 0 spiro atoms. The van der Waals surface area contributed by atoms with E-state index < -0.39 is 10.7 Å². The molecule has 3 aromatic carbocycles. The molecule has 0 amide bonds. The zero-order valence-electron chi connectivity index (χ0n) is 15.8. The quantitative estimate of drug-likeness (QED) is 0.351. The molecule has 144 valence electrons. The summed E-state index contributed by atoms with van der Waals surface area (Å²) in [5, 5.41) is 10.9. The molecule has 6 nitrogen and oxygen atoms in total. The molecule has 3 rings (SSSR count). The smallest absolute Gasteiger partial charge is 0.269 e. The number of carbonyl (C=O) groups is 3. The predicted molar refractivity (Wildman–Crippen MR) is 108 cm³/mol. The van der Waals surface area contributed by atoms with Crippen LogP contribution in [0.2, 0.25) is 0 Å². The number of benzene rings is 3. The second-order valence-electron chi connectivity index (χ2n) is 6.62. The number of Topliss-reactive ketones (excluding diaryl/α,β-unsaturated/α-hetero) is 1. The maximum atomic E-state index is 13.2. The van der Waals surface area contributed by atoms with Gasteiger partial charge in [0.1, 0.15) is 0 Å². The molecule has 3 aromatic rings. The van der Waals surface area contributed by atoms with Gasteiger partial charge in [0.25, 0.3) is 5.69 Å². The van der Waals surface area contributed by atoms with E-state index in [-0.39, 0.29) is 39.5 Å². The molecule has 0 N–H and O–H groups in total. The minimum atomic E-state index is -0.564. The second-order valence-corrected chi connectivity index (χ2v) is 6.62. The van der Waals surface area contributed by atoms with Crippen molar-refractivity contribution in [2.45, 2.75) is 13.8 Å². The maximum absolute atomic E-state index is 13.2. The molecule has 0 heterocycles. The van der Waals surface area contributed by atoms with Crippen LogP contribution in [-0.4, -0.2) is 22.3 Å². The van der Waals surface area contributed by atoms with Gasteiger partial charge in [-0.15, -0.1) is 0 Å². The van der Waals surface area contributed by atoms with Crippen molar-refractivity contribution in [3.8, 4) is 0 Å². The van der Waals surface area contributed by atoms with E-state index in [0.717, 1.165) is 0 Å². The SMILES string of the molecule is CC(=O)c1cc(C)cc(C(=O)c2ccccc2)c1C(=O)c1ccc([N+](=O)[O-])cc1. The third-order valence-electron chi connectivity index (χ3n) is 4.51. The van der Waals surface area contributed by atoms with E-state index in [1.807, 2.05) is 0 Å². The Morgan fingerprint density at radius 1 is 0.793 bits per heavy atom. The number of ketones is 3. The van der Waals surface area contributed by atoms with Crippen molar-refractivity contribution in [1.82, 2.24) is 0 Å². The summed E-state index contributed by atoms with van der Waals surface area (Å²) in [6.07, 6.45) is 0. The molecule has 0 aliphatic rings. The van der Waals surface area contributed by atoms with Crippen LogP contribution in [0, 0.1) is 17.0 Å². The molecule has 0 aliphatic carbocycles. The molecular formula is C23H17NO5. The minimum Gasteiger partial charge on any atom is -0.294 e. The molecule has 0 aromatic heterocycles. The zero-order valence-corrected chi connectivity index (χ0v) is 15.8. The van der Waals surface area contributed by atoms with Crippen molar-refractivity contribution >= 4 is 23.0 Å². The number of nitro benzene ring substituents is 1. The second kappa shape index (κ2) is 7.98. The monoisotopic (exact) mass is 387 g/mol. The van der Waals surface area contributed by atoms with Crippen LogP contribution < -0.4 is 0 Å². The Balaban J connectivity index is 2.20. The summed E-state index contributed by atoms with van der Waals surface area (Å²) in [5.74, 6) is -1.26. The summed E-state index contributed by atoms with van der Waals surface area (Å²) >= 11 is 0. The van der Waals surface area contributed by atoms with Crippen LogP contribution in [0.1, 0.15) is 54.7 Å². The van der Waals surface area contributed by atoms with Crippen LogP contribution in [0.3, 0.4) is 0 Å². The van der Waals surface area contributed by atoms with Gasteiger partial charge in [-0.2, -0.15) is 0 Å². The first kappa shape index (κ1) is 19.8. The number of non-ortho nitro benzene ring substituents is 1. The van der Waals surface area contributed by atoms with E-state index in [2.05, 4.69) is 0 Å². The van der Waals surface area contributed by atoms with E-state index in [9.17, 15) is 24.5 Å². The minimum absolute atomic E-state index is 0.00538. The molecule has 29 heavy (non-hydrogen) atoms. The highest BCUT2D eigenvalue weighted by Gasteiger charge is 2.25. The van der Waals surface area contributed by atoms with Crippen molar-refractivity contribution in [2.24, 2.45) is 0 Å². The molecule has 0 saturated carbocycles.